The average Bonchev–Trinajstić information content (AvgIpc) is 2.45. The molecule has 0 rings (SSSR count). The van der Waals surface area contributed by atoms with Crippen molar-refractivity contribution in [3.05, 3.63) is 0 Å². The lowest BCUT2D eigenvalue weighted by atomic mass is 10.3. The Morgan fingerprint density at radius 1 is 0.900 bits per heavy atom. The molecule has 0 spiro atoms. The number of aliphatic hydroxyl groups excluding tert-OH is 2. The van der Waals surface area contributed by atoms with Crippen LogP contribution in [0.3, 0.4) is 0 Å². The molecule has 0 fully saturated rings. The van der Waals surface area contributed by atoms with Gasteiger partial charge in [-0.1, -0.05) is 0 Å². The average molecular weight is 290 g/mol. The number of nitrogens with two attached hydrogens (primary N) is 1. The van der Waals surface area contributed by atoms with Crippen LogP contribution < -0.4 is 16.4 Å². The minimum absolute atomic E-state index is 0.0801. The summed E-state index contributed by atoms with van der Waals surface area (Å²) in [5.74, 6) is -0.267. The number of carbonyl (C=O) groups is 2. The number of hydrogen-bond acceptors (Lipinski definition) is 6. The highest BCUT2D eigenvalue weighted by Crippen LogP contribution is 1.94. The summed E-state index contributed by atoms with van der Waals surface area (Å²) >= 11 is 0. The number of rotatable bonds is 12. The number of amides is 2. The third-order valence-corrected chi connectivity index (χ3v) is 2.62. The molecule has 0 aromatic heterocycles. The van der Waals surface area contributed by atoms with Gasteiger partial charge in [0, 0.05) is 52.1 Å². The van der Waals surface area contributed by atoms with Crippen molar-refractivity contribution in [2.45, 2.75) is 12.8 Å². The second-order valence-corrected chi connectivity index (χ2v) is 4.28. The third-order valence-electron chi connectivity index (χ3n) is 2.62. The monoisotopic (exact) mass is 290 g/mol. The van der Waals surface area contributed by atoms with Crippen molar-refractivity contribution in [1.29, 1.82) is 0 Å². The Balaban J connectivity index is 3.91. The van der Waals surface area contributed by atoms with E-state index in [0.29, 0.717) is 39.0 Å². The van der Waals surface area contributed by atoms with Crippen LogP contribution in [-0.4, -0.2) is 79.4 Å². The van der Waals surface area contributed by atoms with E-state index in [-0.39, 0.29) is 38.1 Å². The summed E-state index contributed by atoms with van der Waals surface area (Å²) in [6.07, 6.45) is 0.608. The quantitative estimate of drug-likeness (QED) is 0.265. The molecule has 118 valence electrons. The lowest BCUT2D eigenvalue weighted by Crippen LogP contribution is -2.37. The first kappa shape index (κ1) is 18.8. The van der Waals surface area contributed by atoms with E-state index in [1.807, 2.05) is 4.90 Å². The molecule has 8 nitrogen and oxygen atoms in total. The second-order valence-electron chi connectivity index (χ2n) is 4.28. The summed E-state index contributed by atoms with van der Waals surface area (Å²) in [5, 5.41) is 22.3. The fraction of sp³-hybridized carbons (Fsp3) is 0.833. The van der Waals surface area contributed by atoms with E-state index in [2.05, 4.69) is 10.6 Å². The van der Waals surface area contributed by atoms with Crippen LogP contribution in [0.4, 0.5) is 0 Å². The third kappa shape index (κ3) is 10.7. The Hall–Kier alpha value is -1.22. The van der Waals surface area contributed by atoms with Crippen LogP contribution >= 0.6 is 0 Å². The van der Waals surface area contributed by atoms with E-state index in [1.54, 1.807) is 0 Å². The fourth-order valence-corrected chi connectivity index (χ4v) is 1.60. The van der Waals surface area contributed by atoms with Crippen molar-refractivity contribution in [2.24, 2.45) is 5.73 Å². The van der Waals surface area contributed by atoms with Crippen LogP contribution in [0.25, 0.3) is 0 Å². The number of nitrogens with one attached hydrogen (secondary N) is 2. The first-order valence-electron chi connectivity index (χ1n) is 6.81. The van der Waals surface area contributed by atoms with Gasteiger partial charge in [0.1, 0.15) is 0 Å². The van der Waals surface area contributed by atoms with Crippen LogP contribution in [0.1, 0.15) is 12.8 Å². The summed E-state index contributed by atoms with van der Waals surface area (Å²) in [7, 11) is 0. The van der Waals surface area contributed by atoms with Gasteiger partial charge in [0.2, 0.25) is 11.8 Å². The summed E-state index contributed by atoms with van der Waals surface area (Å²) in [5.41, 5.74) is 5.49. The fourth-order valence-electron chi connectivity index (χ4n) is 1.60. The maximum absolute atomic E-state index is 11.4. The molecular formula is C12H26N4O4. The molecule has 6 N–H and O–H groups in total. The van der Waals surface area contributed by atoms with E-state index < -0.39 is 0 Å². The van der Waals surface area contributed by atoms with Crippen molar-refractivity contribution in [3.63, 3.8) is 0 Å². The Labute approximate surface area is 119 Å². The Morgan fingerprint density at radius 2 is 1.35 bits per heavy atom. The molecule has 0 radical (unpaired) electrons. The minimum Gasteiger partial charge on any atom is -0.395 e. The SMILES string of the molecule is NCCN(CCC(=O)NCCO)CCC(=O)NCCO. The number of hydrogen-bond donors (Lipinski definition) is 5. The summed E-state index contributed by atoms with van der Waals surface area (Å²) < 4.78 is 0. The Kier molecular flexibility index (Phi) is 12.0. The van der Waals surface area contributed by atoms with Gasteiger partial charge in [0.25, 0.3) is 0 Å². The first-order valence-corrected chi connectivity index (χ1v) is 6.81. The van der Waals surface area contributed by atoms with E-state index in [4.69, 9.17) is 15.9 Å². The highest BCUT2D eigenvalue weighted by Gasteiger charge is 2.09. The Morgan fingerprint density at radius 3 is 1.70 bits per heavy atom. The molecule has 2 amide bonds. The second kappa shape index (κ2) is 12.8. The number of carbonyl (C=O) groups excluding carboxylic acids is 2. The van der Waals surface area contributed by atoms with Crippen LogP contribution in [0, 0.1) is 0 Å². The lowest BCUT2D eigenvalue weighted by molar-refractivity contribution is -0.121. The normalized spacial score (nSPS) is 10.6. The van der Waals surface area contributed by atoms with Gasteiger partial charge in [0.05, 0.1) is 13.2 Å². The molecule has 8 heteroatoms. The van der Waals surface area contributed by atoms with Gasteiger partial charge in [-0.2, -0.15) is 0 Å². The molecule has 0 atom stereocenters. The van der Waals surface area contributed by atoms with Crippen LogP contribution in [0.5, 0.6) is 0 Å². The summed E-state index contributed by atoms with van der Waals surface area (Å²) in [4.78, 5) is 24.7. The smallest absolute Gasteiger partial charge is 0.221 e. The van der Waals surface area contributed by atoms with E-state index in [0.717, 1.165) is 0 Å². The molecular weight excluding hydrogens is 264 g/mol. The molecule has 0 saturated heterocycles. The van der Waals surface area contributed by atoms with E-state index in [1.165, 1.54) is 0 Å². The van der Waals surface area contributed by atoms with Gasteiger partial charge >= 0.3 is 0 Å². The molecule has 0 aliphatic rings. The van der Waals surface area contributed by atoms with Crippen LogP contribution in [0.2, 0.25) is 0 Å². The molecule has 0 unspecified atom stereocenters. The molecule has 0 aliphatic carbocycles. The van der Waals surface area contributed by atoms with Crippen molar-refractivity contribution in [3.8, 4) is 0 Å². The zero-order valence-electron chi connectivity index (χ0n) is 11.8. The largest absolute Gasteiger partial charge is 0.395 e. The molecule has 0 bridgehead atoms. The van der Waals surface area contributed by atoms with Crippen molar-refractivity contribution < 1.29 is 19.8 Å². The molecule has 20 heavy (non-hydrogen) atoms. The van der Waals surface area contributed by atoms with E-state index in [9.17, 15) is 9.59 Å². The number of nitrogens with zero attached hydrogens (tertiary/aromatic N) is 1. The Bertz CT molecular complexity index is 252. The molecule has 0 aliphatic heterocycles. The first-order chi connectivity index (χ1) is 9.63. The van der Waals surface area contributed by atoms with Gasteiger partial charge in [-0.3, -0.25) is 9.59 Å². The number of aliphatic hydroxyl groups is 2. The molecule has 0 aromatic carbocycles. The van der Waals surface area contributed by atoms with Crippen LogP contribution in [-0.2, 0) is 9.59 Å². The highest BCUT2D eigenvalue weighted by molar-refractivity contribution is 5.76. The van der Waals surface area contributed by atoms with Gasteiger partial charge in [-0.25, -0.2) is 0 Å². The van der Waals surface area contributed by atoms with Crippen LogP contribution in [0.15, 0.2) is 0 Å². The van der Waals surface area contributed by atoms with Crippen molar-refractivity contribution in [2.75, 3.05) is 52.5 Å². The predicted molar refractivity (Wildman–Crippen MR) is 74.9 cm³/mol. The van der Waals surface area contributed by atoms with Gasteiger partial charge < -0.3 is 31.5 Å². The molecule has 0 aromatic rings. The zero-order chi connectivity index (χ0) is 15.2. The predicted octanol–water partition coefficient (Wildman–Crippen LogP) is -2.76. The van der Waals surface area contributed by atoms with Gasteiger partial charge in [-0.15, -0.1) is 0 Å². The van der Waals surface area contributed by atoms with Gasteiger partial charge in [-0.05, 0) is 0 Å². The van der Waals surface area contributed by atoms with Crippen molar-refractivity contribution in [1.82, 2.24) is 15.5 Å². The topological polar surface area (TPSA) is 128 Å². The van der Waals surface area contributed by atoms with Crippen molar-refractivity contribution >= 4 is 11.8 Å². The minimum atomic E-state index is -0.134. The summed E-state index contributed by atoms with van der Waals surface area (Å²) in [6.45, 7) is 2.44. The lowest BCUT2D eigenvalue weighted by Gasteiger charge is -2.20. The summed E-state index contributed by atoms with van der Waals surface area (Å²) in [6, 6.07) is 0. The maximum atomic E-state index is 11.4. The molecule has 0 saturated carbocycles. The standard InChI is InChI=1S/C12H26N4O4/c13-3-8-16(6-1-11(19)14-4-9-17)7-2-12(20)15-5-10-18/h17-18H,1-10,13H2,(H,14,19)(H,15,20). The van der Waals surface area contributed by atoms with Gasteiger partial charge in [0.15, 0.2) is 0 Å². The molecule has 0 heterocycles. The highest BCUT2D eigenvalue weighted by atomic mass is 16.3. The maximum Gasteiger partial charge on any atom is 0.221 e. The zero-order valence-corrected chi connectivity index (χ0v) is 11.8. The van der Waals surface area contributed by atoms with E-state index >= 15 is 0 Å².